The molecule has 3 aliphatic heterocycles. The number of piperidine rings is 1. The summed E-state index contributed by atoms with van der Waals surface area (Å²) in [7, 11) is 1.70. The molecule has 1 aliphatic carbocycles. The number of para-hydroxylation sites is 1. The van der Waals surface area contributed by atoms with Gasteiger partial charge in [0.05, 0.1) is 18.8 Å². The van der Waals surface area contributed by atoms with Crippen molar-refractivity contribution >= 4 is 23.1 Å². The van der Waals surface area contributed by atoms with Crippen molar-refractivity contribution < 1.29 is 19.4 Å². The number of aromatic hydroxyl groups is 1. The average Bonchev–Trinajstić information content (AvgIpc) is 3.42. The molecule has 0 bridgehead atoms. The Morgan fingerprint density at radius 3 is 2.55 bits per heavy atom. The summed E-state index contributed by atoms with van der Waals surface area (Å²) >= 11 is 0. The molecular weight excluding hydrogens is 620 g/mol. The second-order valence-corrected chi connectivity index (χ2v) is 15.5. The highest BCUT2D eigenvalue weighted by atomic mass is 16.6. The minimum atomic E-state index is -0.453. The summed E-state index contributed by atoms with van der Waals surface area (Å²) in [4.78, 5) is 32.5. The first-order valence-corrected chi connectivity index (χ1v) is 17.6. The first-order chi connectivity index (χ1) is 23.5. The van der Waals surface area contributed by atoms with Crippen molar-refractivity contribution in [2.75, 3.05) is 44.7 Å². The van der Waals surface area contributed by atoms with Gasteiger partial charge in [-0.05, 0) is 90.6 Å². The van der Waals surface area contributed by atoms with Crippen LogP contribution in [-0.2, 0) is 11.2 Å². The molecule has 1 atom stereocenters. The van der Waals surface area contributed by atoms with Crippen molar-refractivity contribution in [2.45, 2.75) is 83.4 Å². The lowest BCUT2D eigenvalue weighted by Gasteiger charge is -2.61. The van der Waals surface area contributed by atoms with E-state index in [4.69, 9.17) is 19.4 Å². The Morgan fingerprint density at radius 2 is 1.84 bits per heavy atom. The number of H-pyrrole nitrogens is 1. The number of phenolic OH excluding ortho intramolecular Hbond substituents is 1. The third-order valence-electron chi connectivity index (χ3n) is 11.1. The Kier molecular flexibility index (Phi) is 7.69. The van der Waals surface area contributed by atoms with Crippen molar-refractivity contribution in [1.29, 1.82) is 0 Å². The molecule has 2 saturated heterocycles. The van der Waals surface area contributed by atoms with E-state index in [-0.39, 0.29) is 23.3 Å². The highest BCUT2D eigenvalue weighted by Gasteiger charge is 2.55. The molecular formula is C37H46N8O4. The van der Waals surface area contributed by atoms with Crippen LogP contribution < -0.4 is 9.64 Å². The monoisotopic (exact) mass is 666 g/mol. The van der Waals surface area contributed by atoms with Crippen LogP contribution in [-0.4, -0.2) is 97.6 Å². The molecule has 12 heteroatoms. The zero-order chi connectivity index (χ0) is 34.1. The SMILES string of the molecule is COc1nc(N2CCc3[nH]c4nnc(-c5ccccc5O)cc4c3[C@H]2C)ncc1C1CCN(C2CC3(C2)CN(C(=O)OC(C)(C)C)C3)CC1. The van der Waals surface area contributed by atoms with Gasteiger partial charge in [0.2, 0.25) is 11.8 Å². The molecule has 8 rings (SSSR count). The third-order valence-corrected chi connectivity index (χ3v) is 11.1. The van der Waals surface area contributed by atoms with Crippen molar-refractivity contribution in [2.24, 2.45) is 5.41 Å². The Labute approximate surface area is 286 Å². The Balaban J connectivity index is 0.918. The maximum atomic E-state index is 12.4. The van der Waals surface area contributed by atoms with E-state index in [1.165, 1.54) is 0 Å². The van der Waals surface area contributed by atoms with Gasteiger partial charge >= 0.3 is 6.09 Å². The first kappa shape index (κ1) is 31.8. The average molecular weight is 667 g/mol. The maximum Gasteiger partial charge on any atom is 0.410 e. The molecule has 49 heavy (non-hydrogen) atoms. The van der Waals surface area contributed by atoms with Crippen LogP contribution in [0.15, 0.2) is 36.5 Å². The highest BCUT2D eigenvalue weighted by Crippen LogP contribution is 2.51. The molecule has 1 spiro atoms. The molecule has 0 unspecified atom stereocenters. The fraction of sp³-hybridized carbons (Fsp3) is 0.541. The molecule has 0 radical (unpaired) electrons. The van der Waals surface area contributed by atoms with Crippen LogP contribution in [0.3, 0.4) is 0 Å². The Bertz CT molecular complexity index is 1880. The maximum absolute atomic E-state index is 12.4. The molecule has 258 valence electrons. The fourth-order valence-corrected chi connectivity index (χ4v) is 8.61. The number of hydrogen-bond acceptors (Lipinski definition) is 10. The van der Waals surface area contributed by atoms with Gasteiger partial charge in [0.25, 0.3) is 0 Å². The number of fused-ring (bicyclic) bond motifs is 3. The summed E-state index contributed by atoms with van der Waals surface area (Å²) in [5.74, 6) is 1.85. The predicted molar refractivity (Wildman–Crippen MR) is 186 cm³/mol. The second-order valence-electron chi connectivity index (χ2n) is 15.5. The summed E-state index contributed by atoms with van der Waals surface area (Å²) in [5, 5.41) is 20.3. The molecule has 1 saturated carbocycles. The number of aromatic amines is 1. The smallest absolute Gasteiger partial charge is 0.410 e. The van der Waals surface area contributed by atoms with Crippen LogP contribution in [0.5, 0.6) is 11.6 Å². The summed E-state index contributed by atoms with van der Waals surface area (Å²) < 4.78 is 11.5. The molecule has 3 aromatic heterocycles. The largest absolute Gasteiger partial charge is 0.507 e. The summed E-state index contributed by atoms with van der Waals surface area (Å²) in [6, 6.07) is 9.81. The zero-order valence-electron chi connectivity index (χ0n) is 29.1. The van der Waals surface area contributed by atoms with Crippen LogP contribution in [0.1, 0.15) is 82.2 Å². The van der Waals surface area contributed by atoms with Gasteiger partial charge in [-0.15, -0.1) is 10.2 Å². The fourth-order valence-electron chi connectivity index (χ4n) is 8.61. The number of carbonyl (C=O) groups is 1. The van der Waals surface area contributed by atoms with E-state index in [2.05, 4.69) is 31.9 Å². The number of anilines is 1. The number of likely N-dealkylation sites (tertiary alicyclic amines) is 2. The van der Waals surface area contributed by atoms with Gasteiger partial charge in [-0.25, -0.2) is 9.78 Å². The number of carbonyl (C=O) groups excluding carboxylic acids is 1. The van der Waals surface area contributed by atoms with Crippen LogP contribution in [0.2, 0.25) is 0 Å². The third kappa shape index (κ3) is 5.73. The van der Waals surface area contributed by atoms with Crippen molar-refractivity contribution in [3.63, 3.8) is 0 Å². The van der Waals surface area contributed by atoms with Gasteiger partial charge in [0.1, 0.15) is 11.4 Å². The number of methoxy groups -OCH3 is 1. The van der Waals surface area contributed by atoms with Gasteiger partial charge in [0.15, 0.2) is 5.65 Å². The van der Waals surface area contributed by atoms with Gasteiger partial charge in [-0.3, -0.25) is 0 Å². The lowest BCUT2D eigenvalue weighted by molar-refractivity contribution is -0.110. The van der Waals surface area contributed by atoms with E-state index >= 15 is 0 Å². The molecule has 12 nitrogen and oxygen atoms in total. The van der Waals surface area contributed by atoms with E-state index in [1.54, 1.807) is 19.2 Å². The van der Waals surface area contributed by atoms with Crippen molar-refractivity contribution in [3.05, 3.63) is 53.3 Å². The number of ether oxygens (including phenoxy) is 2. The Morgan fingerprint density at radius 1 is 1.08 bits per heavy atom. The number of benzene rings is 1. The topological polar surface area (TPSA) is 133 Å². The number of phenols is 1. The number of aromatic nitrogens is 5. The predicted octanol–water partition coefficient (Wildman–Crippen LogP) is 5.83. The van der Waals surface area contributed by atoms with Crippen LogP contribution >= 0.6 is 0 Å². The lowest BCUT2D eigenvalue weighted by Crippen LogP contribution is -2.68. The van der Waals surface area contributed by atoms with E-state index < -0.39 is 5.60 Å². The lowest BCUT2D eigenvalue weighted by atomic mass is 9.60. The minimum Gasteiger partial charge on any atom is -0.507 e. The number of nitrogens with zero attached hydrogens (tertiary/aromatic N) is 7. The standard InChI is InChI=1S/C37H46N8O4/c1-22-31-26-16-29(25-8-6-7-9-30(25)46)41-42-32(26)39-28(31)12-15-45(22)34-38-19-27(33(40-34)48-5)23-10-13-43(14-11-23)24-17-37(18-24)20-44(21-37)35(47)49-36(2,3)4/h6-9,16,19,22-24,46H,10-15,17-18,20-21H2,1-5H3,(H,39,42)/t22-/m1/s1. The molecule has 3 fully saturated rings. The summed E-state index contributed by atoms with van der Waals surface area (Å²) in [6.45, 7) is 12.4. The number of rotatable bonds is 5. The van der Waals surface area contributed by atoms with Gasteiger partial charge in [-0.2, -0.15) is 4.98 Å². The number of hydrogen-bond donors (Lipinski definition) is 2. The van der Waals surface area contributed by atoms with Crippen LogP contribution in [0, 0.1) is 5.41 Å². The van der Waals surface area contributed by atoms with Crippen LogP contribution in [0.4, 0.5) is 10.7 Å². The molecule has 1 amide bonds. The van der Waals surface area contributed by atoms with E-state index in [0.717, 1.165) is 92.7 Å². The molecule has 2 N–H and O–H groups in total. The Hall–Kier alpha value is -4.45. The first-order valence-electron chi connectivity index (χ1n) is 17.6. The zero-order valence-corrected chi connectivity index (χ0v) is 29.1. The molecule has 4 aromatic rings. The van der Waals surface area contributed by atoms with Crippen molar-refractivity contribution in [1.82, 2.24) is 34.9 Å². The van der Waals surface area contributed by atoms with E-state index in [0.29, 0.717) is 35.0 Å². The van der Waals surface area contributed by atoms with Gasteiger partial charge in [-0.1, -0.05) is 12.1 Å². The second kappa shape index (κ2) is 11.9. The van der Waals surface area contributed by atoms with Gasteiger partial charge in [0, 0.05) is 71.5 Å². The van der Waals surface area contributed by atoms with E-state index in [1.807, 2.05) is 50.1 Å². The molecule has 1 aromatic carbocycles. The number of nitrogens with one attached hydrogen (secondary N) is 1. The highest BCUT2D eigenvalue weighted by molar-refractivity contribution is 5.86. The van der Waals surface area contributed by atoms with Gasteiger partial charge < -0.3 is 34.3 Å². The number of amides is 1. The minimum absolute atomic E-state index is 0.00429. The molecule has 4 aliphatic rings. The quantitative estimate of drug-likeness (QED) is 0.268. The normalized spacial score (nSPS) is 21.4. The van der Waals surface area contributed by atoms with E-state index in [9.17, 15) is 9.90 Å². The van der Waals surface area contributed by atoms with Crippen molar-refractivity contribution in [3.8, 4) is 22.9 Å². The van der Waals surface area contributed by atoms with Crippen LogP contribution in [0.25, 0.3) is 22.3 Å². The summed E-state index contributed by atoms with van der Waals surface area (Å²) in [5.41, 5.74) is 5.25. The molecule has 6 heterocycles. The summed E-state index contributed by atoms with van der Waals surface area (Å²) in [6.07, 6.45) is 7.02.